The fourth-order valence-electron chi connectivity index (χ4n) is 2.67. The van der Waals surface area contributed by atoms with E-state index in [9.17, 15) is 9.59 Å². The zero-order chi connectivity index (χ0) is 17.8. The molecule has 3 rings (SSSR count). The first kappa shape index (κ1) is 16.6. The van der Waals surface area contributed by atoms with Crippen molar-refractivity contribution >= 4 is 28.3 Å². The van der Waals surface area contributed by atoms with Crippen LogP contribution in [0.4, 0.5) is 5.69 Å². The number of hydrogen-bond donors (Lipinski definition) is 1. The first-order valence-electron chi connectivity index (χ1n) is 7.91. The number of Topliss-reactive ketones (excluding diaryl/α,β-unsaturated/α-hetero) is 1. The second-order valence-corrected chi connectivity index (χ2v) is 5.68. The number of aromatic nitrogens is 1. The number of ether oxygens (including phenoxy) is 1. The number of carbonyl (C=O) groups is 2. The minimum atomic E-state index is -0.372. The van der Waals surface area contributed by atoms with E-state index < -0.39 is 0 Å². The Morgan fingerprint density at radius 1 is 1.08 bits per heavy atom. The fraction of sp³-hybridized carbons (Fsp3) is 0.150. The van der Waals surface area contributed by atoms with Crippen LogP contribution in [-0.4, -0.2) is 23.8 Å². The van der Waals surface area contributed by atoms with Crippen molar-refractivity contribution < 1.29 is 14.3 Å². The van der Waals surface area contributed by atoms with E-state index in [0.717, 1.165) is 11.1 Å². The predicted molar refractivity (Wildman–Crippen MR) is 97.1 cm³/mol. The van der Waals surface area contributed by atoms with Crippen LogP contribution in [-0.2, 0) is 4.79 Å². The average Bonchev–Trinajstić information content (AvgIpc) is 2.62. The maximum atomic E-state index is 12.3. The molecule has 0 spiro atoms. The first-order valence-corrected chi connectivity index (χ1v) is 7.91. The number of pyridine rings is 1. The molecule has 5 heteroatoms. The third-order valence-corrected chi connectivity index (χ3v) is 3.84. The van der Waals surface area contributed by atoms with Crippen molar-refractivity contribution in [2.75, 3.05) is 12.4 Å². The second-order valence-electron chi connectivity index (χ2n) is 5.68. The highest BCUT2D eigenvalue weighted by molar-refractivity contribution is 6.12. The molecule has 0 fully saturated rings. The maximum absolute atomic E-state index is 12.3. The Morgan fingerprint density at radius 3 is 2.56 bits per heavy atom. The van der Waals surface area contributed by atoms with Crippen molar-refractivity contribution in [2.45, 2.75) is 13.3 Å². The number of fused-ring (bicyclic) bond motifs is 1. The van der Waals surface area contributed by atoms with Gasteiger partial charge in [-0.1, -0.05) is 36.4 Å². The van der Waals surface area contributed by atoms with Crippen LogP contribution in [0.25, 0.3) is 10.9 Å². The van der Waals surface area contributed by atoms with Crippen LogP contribution < -0.4 is 10.1 Å². The number of aryl methyl sites for hydroxylation is 1. The van der Waals surface area contributed by atoms with Gasteiger partial charge in [0, 0.05) is 22.7 Å². The quantitative estimate of drug-likeness (QED) is 0.570. The second kappa shape index (κ2) is 7.13. The number of methoxy groups -OCH3 is 1. The number of carbonyl (C=O) groups excluding carboxylic acids is 2. The molecule has 0 atom stereocenters. The molecule has 0 radical (unpaired) electrons. The summed E-state index contributed by atoms with van der Waals surface area (Å²) in [5.41, 5.74) is 2.50. The van der Waals surface area contributed by atoms with Crippen LogP contribution in [0.1, 0.15) is 22.5 Å². The average molecular weight is 334 g/mol. The van der Waals surface area contributed by atoms with Gasteiger partial charge in [0.15, 0.2) is 5.78 Å². The summed E-state index contributed by atoms with van der Waals surface area (Å²) in [5.74, 6) is 0.0997. The zero-order valence-corrected chi connectivity index (χ0v) is 14.1. The summed E-state index contributed by atoms with van der Waals surface area (Å²) in [6.45, 7) is 1.86. The highest BCUT2D eigenvalue weighted by Gasteiger charge is 2.14. The van der Waals surface area contributed by atoms with Crippen LogP contribution in [0.5, 0.6) is 5.75 Å². The predicted octanol–water partition coefficient (Wildman–Crippen LogP) is 3.76. The van der Waals surface area contributed by atoms with Crippen molar-refractivity contribution in [2.24, 2.45) is 0 Å². The highest BCUT2D eigenvalue weighted by atomic mass is 16.5. The number of ketones is 1. The molecule has 5 nitrogen and oxygen atoms in total. The molecule has 0 aliphatic rings. The van der Waals surface area contributed by atoms with Gasteiger partial charge in [0.1, 0.15) is 5.75 Å². The lowest BCUT2D eigenvalue weighted by Crippen LogP contribution is -2.17. The van der Waals surface area contributed by atoms with E-state index in [2.05, 4.69) is 10.3 Å². The number of rotatable bonds is 5. The van der Waals surface area contributed by atoms with E-state index >= 15 is 0 Å². The lowest BCUT2D eigenvalue weighted by Gasteiger charge is -2.11. The molecule has 0 aliphatic carbocycles. The van der Waals surface area contributed by atoms with Gasteiger partial charge in [0.2, 0.25) is 5.91 Å². The number of hydrogen-bond acceptors (Lipinski definition) is 4. The van der Waals surface area contributed by atoms with Crippen molar-refractivity contribution in [1.82, 2.24) is 4.98 Å². The minimum absolute atomic E-state index is 0.219. The summed E-state index contributed by atoms with van der Waals surface area (Å²) < 4.78 is 5.38. The van der Waals surface area contributed by atoms with Gasteiger partial charge in [-0.25, -0.2) is 0 Å². The molecule has 3 aromatic rings. The summed E-state index contributed by atoms with van der Waals surface area (Å²) in [7, 11) is 1.60. The van der Waals surface area contributed by atoms with E-state index in [-0.39, 0.29) is 18.1 Å². The Labute approximate surface area is 145 Å². The maximum Gasteiger partial charge on any atom is 0.232 e. The summed E-state index contributed by atoms with van der Waals surface area (Å²) in [4.78, 5) is 29.0. The van der Waals surface area contributed by atoms with Gasteiger partial charge in [-0.2, -0.15) is 0 Å². The van der Waals surface area contributed by atoms with Gasteiger partial charge in [-0.05, 0) is 19.1 Å². The van der Waals surface area contributed by atoms with Crippen LogP contribution in [0.15, 0.2) is 54.6 Å². The monoisotopic (exact) mass is 334 g/mol. The molecule has 0 saturated heterocycles. The Morgan fingerprint density at radius 2 is 1.84 bits per heavy atom. The van der Waals surface area contributed by atoms with Crippen molar-refractivity contribution in [3.8, 4) is 5.75 Å². The van der Waals surface area contributed by atoms with Crippen LogP contribution in [0.2, 0.25) is 0 Å². The molecule has 2 aromatic carbocycles. The molecular weight excluding hydrogens is 316 g/mol. The standard InChI is InChI=1S/C20H18N2O3/c1-13-11-18(25-2)15-9-6-10-16(20(15)21-13)22-19(24)12-17(23)14-7-4-3-5-8-14/h3-11H,12H2,1-2H3,(H,22,24). The van der Waals surface area contributed by atoms with Crippen molar-refractivity contribution in [3.05, 3.63) is 65.9 Å². The molecular formula is C20H18N2O3. The van der Waals surface area contributed by atoms with Gasteiger partial charge < -0.3 is 10.1 Å². The lowest BCUT2D eigenvalue weighted by atomic mass is 10.1. The minimum Gasteiger partial charge on any atom is -0.496 e. The number of anilines is 1. The number of amides is 1. The highest BCUT2D eigenvalue weighted by Crippen LogP contribution is 2.30. The van der Waals surface area contributed by atoms with Crippen LogP contribution in [0, 0.1) is 6.92 Å². The molecule has 1 aromatic heterocycles. The van der Waals surface area contributed by atoms with E-state index in [1.807, 2.05) is 31.2 Å². The molecule has 0 saturated carbocycles. The molecule has 1 N–H and O–H groups in total. The van der Waals surface area contributed by atoms with Crippen LogP contribution in [0.3, 0.4) is 0 Å². The summed E-state index contributed by atoms with van der Waals surface area (Å²) in [5, 5.41) is 3.59. The Balaban J connectivity index is 1.84. The number of nitrogens with one attached hydrogen (secondary N) is 1. The SMILES string of the molecule is COc1cc(C)nc2c(NC(=O)CC(=O)c3ccccc3)cccc12. The van der Waals surface area contributed by atoms with E-state index in [1.54, 1.807) is 37.4 Å². The van der Waals surface area contributed by atoms with Gasteiger partial charge in [-0.15, -0.1) is 0 Å². The Hall–Kier alpha value is -3.21. The van der Waals surface area contributed by atoms with Crippen molar-refractivity contribution in [1.29, 1.82) is 0 Å². The van der Waals surface area contributed by atoms with E-state index in [4.69, 9.17) is 4.74 Å². The fourth-order valence-corrected chi connectivity index (χ4v) is 2.67. The Kier molecular flexibility index (Phi) is 4.75. The summed E-state index contributed by atoms with van der Waals surface area (Å²) in [6.07, 6.45) is -0.219. The van der Waals surface area contributed by atoms with Gasteiger partial charge >= 0.3 is 0 Å². The smallest absolute Gasteiger partial charge is 0.232 e. The van der Waals surface area contributed by atoms with Crippen LogP contribution >= 0.6 is 0 Å². The molecule has 0 unspecified atom stereocenters. The summed E-state index contributed by atoms with van der Waals surface area (Å²) in [6, 6.07) is 16.1. The molecule has 25 heavy (non-hydrogen) atoms. The molecule has 0 bridgehead atoms. The van der Waals surface area contributed by atoms with Crippen molar-refractivity contribution in [3.63, 3.8) is 0 Å². The number of para-hydroxylation sites is 1. The molecule has 1 amide bonds. The van der Waals surface area contributed by atoms with E-state index in [1.165, 1.54) is 0 Å². The lowest BCUT2D eigenvalue weighted by molar-refractivity contribution is -0.115. The third kappa shape index (κ3) is 3.66. The van der Waals surface area contributed by atoms with Gasteiger partial charge in [0.05, 0.1) is 24.7 Å². The van der Waals surface area contributed by atoms with E-state index in [0.29, 0.717) is 22.5 Å². The third-order valence-electron chi connectivity index (χ3n) is 3.84. The van der Waals surface area contributed by atoms with Gasteiger partial charge in [-0.3, -0.25) is 14.6 Å². The normalized spacial score (nSPS) is 10.5. The molecule has 126 valence electrons. The largest absolute Gasteiger partial charge is 0.496 e. The number of benzene rings is 2. The first-order chi connectivity index (χ1) is 12.1. The number of nitrogens with zero attached hydrogens (tertiary/aromatic N) is 1. The Bertz CT molecular complexity index is 936. The zero-order valence-electron chi connectivity index (χ0n) is 14.1. The van der Waals surface area contributed by atoms with Gasteiger partial charge in [0.25, 0.3) is 0 Å². The molecule has 1 heterocycles. The topological polar surface area (TPSA) is 68.3 Å². The summed E-state index contributed by atoms with van der Waals surface area (Å²) >= 11 is 0. The molecule has 0 aliphatic heterocycles.